The van der Waals surface area contributed by atoms with E-state index in [1.807, 2.05) is 24.3 Å². The lowest BCUT2D eigenvalue weighted by Gasteiger charge is -2.06. The molecule has 2 aromatic carbocycles. The fourth-order valence-corrected chi connectivity index (χ4v) is 2.29. The third kappa shape index (κ3) is 2.79. The van der Waals surface area contributed by atoms with Gasteiger partial charge < -0.3 is 0 Å². The number of hydrogen-bond acceptors (Lipinski definition) is 1. The van der Waals surface area contributed by atoms with Gasteiger partial charge in [0.2, 0.25) is 0 Å². The van der Waals surface area contributed by atoms with Crippen molar-refractivity contribution < 1.29 is 9.18 Å². The Labute approximate surface area is 118 Å². The summed E-state index contributed by atoms with van der Waals surface area (Å²) < 4.78 is 14.1. The van der Waals surface area contributed by atoms with Crippen LogP contribution in [-0.4, -0.2) is 5.78 Å². The lowest BCUT2D eigenvalue weighted by molar-refractivity contribution is 0.0992. The Morgan fingerprint density at radius 2 is 1.89 bits per heavy atom. The highest BCUT2D eigenvalue weighted by molar-refractivity contribution is 9.10. The van der Waals surface area contributed by atoms with Crippen LogP contribution in [0.4, 0.5) is 4.39 Å². The monoisotopic (exact) mass is 326 g/mol. The van der Waals surface area contributed by atoms with Crippen molar-refractivity contribution in [2.75, 3.05) is 0 Å². The average Bonchev–Trinajstić information content (AvgIpc) is 2.35. The minimum absolute atomic E-state index is 0.116. The van der Waals surface area contributed by atoms with Crippen molar-refractivity contribution in [1.29, 1.82) is 0 Å². The summed E-state index contributed by atoms with van der Waals surface area (Å²) >= 11 is 9.16. The van der Waals surface area contributed by atoms with Crippen LogP contribution < -0.4 is 0 Å². The zero-order chi connectivity index (χ0) is 13.1. The van der Waals surface area contributed by atoms with Gasteiger partial charge in [-0.15, -0.1) is 0 Å². The molecule has 0 spiro atoms. The molecule has 0 aliphatic heterocycles. The minimum atomic E-state index is -0.574. The van der Waals surface area contributed by atoms with Crippen LogP contribution in [0.5, 0.6) is 0 Å². The van der Waals surface area contributed by atoms with Crippen molar-refractivity contribution in [2.24, 2.45) is 0 Å². The Balaban J connectivity index is 2.28. The second kappa shape index (κ2) is 5.63. The van der Waals surface area contributed by atoms with Crippen molar-refractivity contribution in [3.8, 4) is 0 Å². The lowest BCUT2D eigenvalue weighted by Crippen LogP contribution is -2.05. The molecule has 0 aliphatic carbocycles. The van der Waals surface area contributed by atoms with E-state index in [4.69, 9.17) is 11.6 Å². The maximum atomic E-state index is 13.3. The van der Waals surface area contributed by atoms with E-state index in [0.717, 1.165) is 10.0 Å². The highest BCUT2D eigenvalue weighted by Gasteiger charge is 2.14. The highest BCUT2D eigenvalue weighted by Crippen LogP contribution is 2.23. The van der Waals surface area contributed by atoms with Crippen molar-refractivity contribution in [3.63, 3.8) is 0 Å². The van der Waals surface area contributed by atoms with E-state index in [-0.39, 0.29) is 22.8 Å². The highest BCUT2D eigenvalue weighted by atomic mass is 79.9. The largest absolute Gasteiger partial charge is 0.294 e. The Morgan fingerprint density at radius 1 is 1.17 bits per heavy atom. The topological polar surface area (TPSA) is 17.1 Å². The van der Waals surface area contributed by atoms with Gasteiger partial charge in [-0.05, 0) is 23.8 Å². The second-order valence-corrected chi connectivity index (χ2v) is 5.03. The van der Waals surface area contributed by atoms with E-state index in [1.165, 1.54) is 18.2 Å². The Hall–Kier alpha value is -1.19. The lowest BCUT2D eigenvalue weighted by atomic mass is 10.0. The summed E-state index contributed by atoms with van der Waals surface area (Å²) in [4.78, 5) is 12.1. The quantitative estimate of drug-likeness (QED) is 0.749. The molecule has 1 nitrogen and oxygen atoms in total. The SMILES string of the molecule is O=C(Cc1ccccc1Br)c1cccc(F)c1Cl. The molecule has 4 heteroatoms. The Morgan fingerprint density at radius 3 is 2.61 bits per heavy atom. The predicted molar refractivity (Wildman–Crippen MR) is 73.6 cm³/mol. The molecule has 0 unspecified atom stereocenters. The molecule has 0 saturated carbocycles. The van der Waals surface area contributed by atoms with Crippen molar-refractivity contribution in [2.45, 2.75) is 6.42 Å². The van der Waals surface area contributed by atoms with E-state index >= 15 is 0 Å². The number of carbonyl (C=O) groups excluding carboxylic acids is 1. The summed E-state index contributed by atoms with van der Waals surface area (Å²) in [5.74, 6) is -0.777. The zero-order valence-electron chi connectivity index (χ0n) is 9.29. The van der Waals surface area contributed by atoms with Gasteiger partial charge in [0.05, 0.1) is 5.02 Å². The van der Waals surface area contributed by atoms with Crippen LogP contribution in [0.15, 0.2) is 46.9 Å². The normalized spacial score (nSPS) is 10.4. The Bertz CT molecular complexity index is 598. The maximum Gasteiger partial charge on any atom is 0.168 e. The molecule has 0 atom stereocenters. The molecule has 18 heavy (non-hydrogen) atoms. The molecule has 0 N–H and O–H groups in total. The second-order valence-electron chi connectivity index (χ2n) is 3.79. The van der Waals surface area contributed by atoms with Gasteiger partial charge in [0.1, 0.15) is 5.82 Å². The zero-order valence-corrected chi connectivity index (χ0v) is 11.6. The van der Waals surface area contributed by atoms with Crippen LogP contribution in [0.25, 0.3) is 0 Å². The van der Waals surface area contributed by atoms with Crippen molar-refractivity contribution in [1.82, 2.24) is 0 Å². The van der Waals surface area contributed by atoms with Crippen LogP contribution in [-0.2, 0) is 6.42 Å². The van der Waals surface area contributed by atoms with Gasteiger partial charge in [0, 0.05) is 16.5 Å². The Kier molecular flexibility index (Phi) is 4.15. The third-order valence-corrected chi connectivity index (χ3v) is 3.72. The van der Waals surface area contributed by atoms with Crippen LogP contribution in [0.1, 0.15) is 15.9 Å². The van der Waals surface area contributed by atoms with Gasteiger partial charge in [-0.3, -0.25) is 4.79 Å². The van der Waals surface area contributed by atoms with Crippen LogP contribution in [0.2, 0.25) is 5.02 Å². The average molecular weight is 328 g/mol. The minimum Gasteiger partial charge on any atom is -0.294 e. The standard InChI is InChI=1S/C14H9BrClFO/c15-11-6-2-1-4-9(11)8-13(18)10-5-3-7-12(17)14(10)16/h1-7H,8H2. The molecular formula is C14H9BrClFO. The van der Waals surface area contributed by atoms with Gasteiger partial charge >= 0.3 is 0 Å². The van der Waals surface area contributed by atoms with E-state index in [1.54, 1.807) is 0 Å². The molecule has 0 aliphatic rings. The number of ketones is 1. The van der Waals surface area contributed by atoms with E-state index in [9.17, 15) is 9.18 Å². The molecule has 0 heterocycles. The summed E-state index contributed by atoms with van der Waals surface area (Å²) in [7, 11) is 0. The van der Waals surface area contributed by atoms with Crippen LogP contribution in [0.3, 0.4) is 0 Å². The maximum absolute atomic E-state index is 13.3. The van der Waals surface area contributed by atoms with Gasteiger partial charge in [-0.25, -0.2) is 4.39 Å². The molecule has 0 fully saturated rings. The summed E-state index contributed by atoms with van der Waals surface area (Å²) in [6.07, 6.45) is 0.185. The van der Waals surface area contributed by atoms with Gasteiger partial charge in [0.15, 0.2) is 5.78 Å². The van der Waals surface area contributed by atoms with E-state index in [2.05, 4.69) is 15.9 Å². The number of rotatable bonds is 3. The number of hydrogen-bond donors (Lipinski definition) is 0. The fourth-order valence-electron chi connectivity index (χ4n) is 1.63. The molecule has 0 saturated heterocycles. The first-order chi connectivity index (χ1) is 8.59. The molecule has 2 rings (SSSR count). The fraction of sp³-hybridized carbons (Fsp3) is 0.0714. The van der Waals surface area contributed by atoms with Gasteiger partial charge in [0.25, 0.3) is 0 Å². The van der Waals surface area contributed by atoms with Crippen LogP contribution >= 0.6 is 27.5 Å². The molecular weight excluding hydrogens is 319 g/mol. The van der Waals surface area contributed by atoms with Gasteiger partial charge in [-0.1, -0.05) is 51.8 Å². The number of halogens is 3. The number of carbonyl (C=O) groups is 1. The first kappa shape index (κ1) is 13.2. The number of benzene rings is 2. The molecule has 0 amide bonds. The predicted octanol–water partition coefficient (Wildman–Crippen LogP) is 4.67. The molecule has 0 bridgehead atoms. The summed E-state index contributed by atoms with van der Waals surface area (Å²) in [6.45, 7) is 0. The third-order valence-electron chi connectivity index (χ3n) is 2.56. The van der Waals surface area contributed by atoms with Gasteiger partial charge in [-0.2, -0.15) is 0 Å². The van der Waals surface area contributed by atoms with Crippen molar-refractivity contribution >= 4 is 33.3 Å². The van der Waals surface area contributed by atoms with Crippen molar-refractivity contribution in [3.05, 3.63) is 68.9 Å². The van der Waals surface area contributed by atoms with E-state index in [0.29, 0.717) is 0 Å². The molecule has 92 valence electrons. The van der Waals surface area contributed by atoms with Crippen LogP contribution in [0, 0.1) is 5.82 Å². The summed E-state index contributed by atoms with van der Waals surface area (Å²) in [6, 6.07) is 11.7. The summed E-state index contributed by atoms with van der Waals surface area (Å²) in [5.41, 5.74) is 1.07. The first-order valence-electron chi connectivity index (χ1n) is 5.30. The molecule has 0 radical (unpaired) electrons. The first-order valence-corrected chi connectivity index (χ1v) is 6.47. The molecule has 0 aromatic heterocycles. The van der Waals surface area contributed by atoms with E-state index < -0.39 is 5.82 Å². The summed E-state index contributed by atoms with van der Waals surface area (Å²) in [5, 5.41) is -0.116. The smallest absolute Gasteiger partial charge is 0.168 e. The molecule has 2 aromatic rings. The number of Topliss-reactive ketones (excluding diaryl/α,β-unsaturated/α-hetero) is 1.